The molecule has 1 heterocycles. The molecule has 0 radical (unpaired) electrons. The van der Waals surface area contributed by atoms with Crippen molar-refractivity contribution in [3.05, 3.63) is 83.9 Å². The molecule has 0 bridgehead atoms. The predicted molar refractivity (Wildman–Crippen MR) is 210 cm³/mol. The summed E-state index contributed by atoms with van der Waals surface area (Å²) in [5.74, 6) is -3.78. The van der Waals surface area contributed by atoms with Gasteiger partial charge in [-0.25, -0.2) is 4.79 Å². The van der Waals surface area contributed by atoms with Gasteiger partial charge in [0, 0.05) is 23.5 Å². The highest BCUT2D eigenvalue weighted by Gasteiger charge is 2.60. The maximum absolute atomic E-state index is 14.6. The van der Waals surface area contributed by atoms with E-state index in [0.29, 0.717) is 23.1 Å². The summed E-state index contributed by atoms with van der Waals surface area (Å²) >= 11 is 7.04. The summed E-state index contributed by atoms with van der Waals surface area (Å²) in [5.41, 5.74) is -8.93. The fourth-order valence-corrected chi connectivity index (χ4v) is 8.94. The average molecular weight is 821 g/mol. The molecule has 2 aromatic carbocycles. The predicted octanol–water partition coefficient (Wildman–Crippen LogP) is 8.48. The number of aliphatic carboxylic acids is 1. The van der Waals surface area contributed by atoms with Crippen LogP contribution in [0, 0.1) is 22.2 Å². The molecular weight excluding hydrogens is 770 g/mol. The molecule has 306 valence electrons. The molecule has 4 rings (SSSR count). The van der Waals surface area contributed by atoms with E-state index in [1.54, 1.807) is 13.0 Å². The first-order chi connectivity index (χ1) is 25.9. The molecule has 2 aliphatic rings. The monoisotopic (exact) mass is 820 g/mol. The van der Waals surface area contributed by atoms with Crippen LogP contribution in [-0.2, 0) is 44.4 Å². The van der Waals surface area contributed by atoms with Crippen LogP contribution < -0.4 is 0 Å². The summed E-state index contributed by atoms with van der Waals surface area (Å²) in [7, 11) is 0. The number of aliphatic hydroxyl groups is 1. The van der Waals surface area contributed by atoms with Crippen LogP contribution in [0.15, 0.2) is 67.3 Å². The fourth-order valence-electron chi connectivity index (χ4n) is 7.61. The van der Waals surface area contributed by atoms with Crippen LogP contribution in [0.4, 0.5) is 13.2 Å². The summed E-state index contributed by atoms with van der Waals surface area (Å²) in [6.07, 6.45) is -3.50. The zero-order valence-electron chi connectivity index (χ0n) is 32.6. The molecule has 0 amide bonds. The molecule has 1 saturated carbocycles. The number of thioether (sulfide) groups is 1. The summed E-state index contributed by atoms with van der Waals surface area (Å²) in [4.78, 5) is 54.7. The molecule has 9 nitrogen and oxygen atoms in total. The number of hydrogen-bond donors (Lipinski definition) is 2. The Bertz CT molecular complexity index is 1800. The molecule has 1 aliphatic carbocycles. The molecule has 0 spiro atoms. The van der Waals surface area contributed by atoms with Gasteiger partial charge in [0.05, 0.1) is 27.0 Å². The summed E-state index contributed by atoms with van der Waals surface area (Å²) < 4.78 is 59.0. The molecule has 14 heteroatoms. The summed E-state index contributed by atoms with van der Waals surface area (Å²) in [6.45, 7) is 12.1. The van der Waals surface area contributed by atoms with Gasteiger partial charge in [0.2, 0.25) is 6.10 Å². The number of thiocarbonyl (C=S) groups is 1. The first-order valence-electron chi connectivity index (χ1n) is 18.5. The lowest BCUT2D eigenvalue weighted by Crippen LogP contribution is -2.54. The van der Waals surface area contributed by atoms with Crippen LogP contribution in [-0.4, -0.2) is 69.0 Å². The van der Waals surface area contributed by atoms with Crippen LogP contribution in [0.2, 0.25) is 0 Å². The molecule has 1 saturated heterocycles. The minimum Gasteiger partial charge on any atom is -0.481 e. The average Bonchev–Trinajstić information content (AvgIpc) is 3.77. The third-order valence-corrected chi connectivity index (χ3v) is 13.7. The van der Waals surface area contributed by atoms with Crippen molar-refractivity contribution >= 4 is 52.1 Å². The lowest BCUT2D eigenvalue weighted by Gasteiger charge is -2.47. The highest BCUT2D eigenvalue weighted by Crippen LogP contribution is 2.53. The molecule has 7 atom stereocenters. The molecule has 1 aliphatic heterocycles. The smallest absolute Gasteiger partial charge is 0.421 e. The number of cyclic esters (lactones) is 1. The number of hydrogen-bond acceptors (Lipinski definition) is 10. The van der Waals surface area contributed by atoms with E-state index < -0.39 is 81.5 Å². The van der Waals surface area contributed by atoms with Crippen molar-refractivity contribution in [2.75, 3.05) is 12.4 Å². The molecule has 2 N–H and O–H groups in total. The SMILES string of the molecule is C=CC1CCCC1OC(=O)C(C)(CC(C)(CC(C)(CSC(=S)c1ccccc1)c1ccc(C(C)(O)C(F)(F)F)cc1)C(=O)OC1CCOC1=O)C(C)(C)C(=O)O. The van der Waals surface area contributed by atoms with Crippen molar-refractivity contribution in [1.29, 1.82) is 0 Å². The largest absolute Gasteiger partial charge is 0.481 e. The Morgan fingerprint density at radius 2 is 1.52 bits per heavy atom. The second-order valence-corrected chi connectivity index (χ2v) is 18.1. The lowest BCUT2D eigenvalue weighted by atomic mass is 9.57. The van der Waals surface area contributed by atoms with Gasteiger partial charge >= 0.3 is 30.1 Å². The van der Waals surface area contributed by atoms with Gasteiger partial charge in [-0.15, -0.1) is 18.3 Å². The summed E-state index contributed by atoms with van der Waals surface area (Å²) in [6, 6.07) is 14.3. The third-order valence-electron chi connectivity index (χ3n) is 11.8. The second-order valence-electron chi connectivity index (χ2n) is 16.5. The highest BCUT2D eigenvalue weighted by molar-refractivity contribution is 8.23. The van der Waals surface area contributed by atoms with E-state index >= 15 is 0 Å². The van der Waals surface area contributed by atoms with E-state index in [4.69, 9.17) is 26.4 Å². The van der Waals surface area contributed by atoms with Gasteiger partial charge in [-0.1, -0.05) is 79.8 Å². The van der Waals surface area contributed by atoms with E-state index in [2.05, 4.69) is 6.58 Å². The number of halogens is 3. The van der Waals surface area contributed by atoms with Crippen LogP contribution >= 0.6 is 24.0 Å². The third kappa shape index (κ3) is 9.34. The zero-order valence-corrected chi connectivity index (χ0v) is 34.2. The molecule has 2 aromatic rings. The van der Waals surface area contributed by atoms with Crippen LogP contribution in [0.5, 0.6) is 0 Å². The normalized spacial score (nSPS) is 23.0. The van der Waals surface area contributed by atoms with Gasteiger partial charge in [0.1, 0.15) is 6.10 Å². The van der Waals surface area contributed by atoms with E-state index in [-0.39, 0.29) is 31.1 Å². The van der Waals surface area contributed by atoms with Crippen LogP contribution in [0.3, 0.4) is 0 Å². The van der Waals surface area contributed by atoms with Gasteiger partial charge in [0.25, 0.3) is 0 Å². The summed E-state index contributed by atoms with van der Waals surface area (Å²) in [5, 5.41) is 21.0. The molecule has 2 fully saturated rings. The molecule has 7 unspecified atom stereocenters. The fraction of sp³-hybridized carbons (Fsp3) is 0.548. The number of benzene rings is 2. The quantitative estimate of drug-likeness (QED) is 0.0731. The minimum atomic E-state index is -4.97. The topological polar surface area (TPSA) is 136 Å². The van der Waals surface area contributed by atoms with Crippen LogP contribution in [0.25, 0.3) is 0 Å². The number of carbonyl (C=O) groups excluding carboxylic acids is 3. The first kappa shape index (κ1) is 45.0. The van der Waals surface area contributed by atoms with E-state index in [1.165, 1.54) is 51.6 Å². The first-order valence-corrected chi connectivity index (χ1v) is 19.9. The number of carboxylic acids is 1. The van der Waals surface area contributed by atoms with Crippen molar-refractivity contribution in [3.8, 4) is 0 Å². The number of carbonyl (C=O) groups is 4. The van der Waals surface area contributed by atoms with Gasteiger partial charge in [0.15, 0.2) is 5.60 Å². The number of carboxylic acid groups (broad SMARTS) is 1. The van der Waals surface area contributed by atoms with Crippen molar-refractivity contribution in [2.24, 2.45) is 22.2 Å². The van der Waals surface area contributed by atoms with E-state index in [1.807, 2.05) is 30.3 Å². The zero-order chi connectivity index (χ0) is 41.9. The van der Waals surface area contributed by atoms with Crippen LogP contribution in [0.1, 0.15) is 96.8 Å². The number of ether oxygens (including phenoxy) is 3. The Kier molecular flexibility index (Phi) is 13.6. The maximum atomic E-state index is 14.6. The van der Waals surface area contributed by atoms with Crippen molar-refractivity contribution < 1.29 is 56.8 Å². The Hall–Kier alpha value is -3.75. The van der Waals surface area contributed by atoms with Crippen molar-refractivity contribution in [3.63, 3.8) is 0 Å². The van der Waals surface area contributed by atoms with E-state index in [9.17, 15) is 42.6 Å². The number of rotatable bonds is 16. The van der Waals surface area contributed by atoms with Crippen molar-refractivity contribution in [2.45, 2.75) is 109 Å². The molecule has 0 aromatic heterocycles. The maximum Gasteiger partial charge on any atom is 0.421 e. The Morgan fingerprint density at radius 3 is 2.05 bits per heavy atom. The van der Waals surface area contributed by atoms with Crippen molar-refractivity contribution in [1.82, 2.24) is 0 Å². The Labute approximate surface area is 335 Å². The number of alkyl halides is 3. The number of esters is 3. The van der Waals surface area contributed by atoms with E-state index in [0.717, 1.165) is 30.5 Å². The lowest BCUT2D eigenvalue weighted by molar-refractivity contribution is -0.258. The highest BCUT2D eigenvalue weighted by atomic mass is 32.2. The van der Waals surface area contributed by atoms with Gasteiger partial charge in [-0.05, 0) is 83.4 Å². The Balaban J connectivity index is 1.86. The molecular formula is C42H51F3O9S2. The van der Waals surface area contributed by atoms with Gasteiger partial charge in [-0.3, -0.25) is 14.4 Å². The van der Waals surface area contributed by atoms with Gasteiger partial charge < -0.3 is 24.4 Å². The minimum absolute atomic E-state index is 0.0226. The molecule has 56 heavy (non-hydrogen) atoms. The second kappa shape index (κ2) is 17.0. The Morgan fingerprint density at radius 1 is 0.911 bits per heavy atom. The standard InChI is InChI=1S/C42H51F3O9S2/c1-8-26-15-12-16-30(26)53-36(50)40(6,37(2,3)34(47)48)24-38(4,35(49)54-31-21-22-52-32(31)46)23-39(5,25-56-33(55)27-13-10-9-11-14-27)28-17-19-29(20-18-28)41(7,51)42(43,44)45/h8-11,13-14,17-20,26,30-31,51H,1,12,15-16,21-25H2,2-7H3,(H,47,48). The van der Waals surface area contributed by atoms with Gasteiger partial charge in [-0.2, -0.15) is 13.2 Å².